The van der Waals surface area contributed by atoms with Crippen LogP contribution in [0, 0.1) is 0 Å². The normalized spacial score (nSPS) is 21.2. The van der Waals surface area contributed by atoms with E-state index in [0.29, 0.717) is 11.2 Å². The highest BCUT2D eigenvalue weighted by Crippen LogP contribution is 2.33. The predicted molar refractivity (Wildman–Crippen MR) is 86.9 cm³/mol. The molecule has 1 aliphatic heterocycles. The lowest BCUT2D eigenvalue weighted by atomic mass is 9.86. The Morgan fingerprint density at radius 2 is 2.10 bits per heavy atom. The minimum absolute atomic E-state index is 0.0116. The summed E-state index contributed by atoms with van der Waals surface area (Å²) in [5, 5.41) is 4.15. The molecule has 0 radical (unpaired) electrons. The summed E-state index contributed by atoms with van der Waals surface area (Å²) >= 11 is 6.22. The Hall–Kier alpha value is -0.870. The summed E-state index contributed by atoms with van der Waals surface area (Å²) in [5.41, 5.74) is 1.05. The van der Waals surface area contributed by atoms with Crippen LogP contribution in [-0.4, -0.2) is 28.2 Å². The molecule has 21 heavy (non-hydrogen) atoms. The van der Waals surface area contributed by atoms with Crippen LogP contribution in [0.1, 0.15) is 58.4 Å². The molecule has 1 aromatic rings. The van der Waals surface area contributed by atoms with Crippen molar-refractivity contribution in [1.82, 2.24) is 9.97 Å². The maximum Gasteiger partial charge on any atom is 0.137 e. The zero-order valence-electron chi connectivity index (χ0n) is 13.3. The Kier molecular flexibility index (Phi) is 5.82. The van der Waals surface area contributed by atoms with Gasteiger partial charge in [-0.25, -0.2) is 9.97 Å². The molecule has 2 rings (SSSR count). The highest BCUT2D eigenvalue weighted by molar-refractivity contribution is 6.30. The van der Waals surface area contributed by atoms with Crippen molar-refractivity contribution >= 4 is 17.4 Å². The van der Waals surface area contributed by atoms with Gasteiger partial charge in [0.05, 0.1) is 5.60 Å². The molecular weight excluding hydrogens is 286 g/mol. The topological polar surface area (TPSA) is 47.0 Å². The van der Waals surface area contributed by atoms with Gasteiger partial charge in [0.1, 0.15) is 17.3 Å². The number of hydrogen-bond donors (Lipinski definition) is 1. The smallest absolute Gasteiger partial charge is 0.137 e. The largest absolute Gasteiger partial charge is 0.375 e. The SMILES string of the molecule is CCCc1c(Cl)ncnc1NC1CCOC(CC)(CC)C1. The summed E-state index contributed by atoms with van der Waals surface area (Å²) < 4.78 is 6.03. The summed E-state index contributed by atoms with van der Waals surface area (Å²) in [4.78, 5) is 8.51. The second-order valence-electron chi connectivity index (χ2n) is 5.81. The highest BCUT2D eigenvalue weighted by atomic mass is 35.5. The number of ether oxygens (including phenoxy) is 1. The van der Waals surface area contributed by atoms with Crippen LogP contribution in [0.15, 0.2) is 6.33 Å². The Morgan fingerprint density at radius 3 is 2.76 bits per heavy atom. The Balaban J connectivity index is 2.13. The summed E-state index contributed by atoms with van der Waals surface area (Å²) in [5.74, 6) is 0.893. The second-order valence-corrected chi connectivity index (χ2v) is 6.17. The van der Waals surface area contributed by atoms with Gasteiger partial charge in [0, 0.05) is 18.2 Å². The minimum atomic E-state index is 0.0116. The van der Waals surface area contributed by atoms with Crippen molar-refractivity contribution < 1.29 is 4.74 Å². The van der Waals surface area contributed by atoms with E-state index in [1.165, 1.54) is 6.33 Å². The molecule has 5 heteroatoms. The monoisotopic (exact) mass is 311 g/mol. The summed E-state index contributed by atoms with van der Waals surface area (Å²) in [7, 11) is 0. The lowest BCUT2D eigenvalue weighted by molar-refractivity contribution is -0.0864. The maximum atomic E-state index is 6.22. The molecule has 0 bridgehead atoms. The van der Waals surface area contributed by atoms with Crippen LogP contribution in [0.25, 0.3) is 0 Å². The van der Waals surface area contributed by atoms with Gasteiger partial charge < -0.3 is 10.1 Å². The number of rotatable bonds is 6. The number of nitrogens with zero attached hydrogens (tertiary/aromatic N) is 2. The third-order valence-corrected chi connectivity index (χ3v) is 4.84. The van der Waals surface area contributed by atoms with E-state index >= 15 is 0 Å². The first-order valence-corrected chi connectivity index (χ1v) is 8.41. The van der Waals surface area contributed by atoms with Crippen LogP contribution in [0.5, 0.6) is 0 Å². The van der Waals surface area contributed by atoms with E-state index in [4.69, 9.17) is 16.3 Å². The number of anilines is 1. The molecule has 1 aromatic heterocycles. The Bertz CT molecular complexity index is 463. The predicted octanol–water partition coefficient (Wildman–Crippen LogP) is 4.23. The van der Waals surface area contributed by atoms with Gasteiger partial charge in [-0.3, -0.25) is 0 Å². The molecule has 1 atom stereocenters. The van der Waals surface area contributed by atoms with Crippen LogP contribution in [0.3, 0.4) is 0 Å². The van der Waals surface area contributed by atoms with Gasteiger partial charge in [-0.05, 0) is 32.1 Å². The van der Waals surface area contributed by atoms with E-state index < -0.39 is 0 Å². The van der Waals surface area contributed by atoms with E-state index in [9.17, 15) is 0 Å². The van der Waals surface area contributed by atoms with Crippen molar-refractivity contribution in [3.05, 3.63) is 17.0 Å². The van der Waals surface area contributed by atoms with Crippen molar-refractivity contribution in [3.63, 3.8) is 0 Å². The van der Waals surface area contributed by atoms with Gasteiger partial charge in [0.15, 0.2) is 0 Å². The lowest BCUT2D eigenvalue weighted by Gasteiger charge is -2.40. The lowest BCUT2D eigenvalue weighted by Crippen LogP contribution is -2.43. The van der Waals surface area contributed by atoms with E-state index in [0.717, 1.165) is 56.5 Å². The van der Waals surface area contributed by atoms with E-state index in [1.54, 1.807) is 0 Å². The summed E-state index contributed by atoms with van der Waals surface area (Å²) in [6, 6.07) is 0.389. The number of halogens is 1. The highest BCUT2D eigenvalue weighted by Gasteiger charge is 2.34. The van der Waals surface area contributed by atoms with Gasteiger partial charge in [-0.2, -0.15) is 0 Å². The molecule has 0 aromatic carbocycles. The molecule has 1 N–H and O–H groups in total. The molecule has 1 aliphatic rings. The first-order valence-electron chi connectivity index (χ1n) is 8.04. The van der Waals surface area contributed by atoms with E-state index in [2.05, 4.69) is 36.1 Å². The zero-order valence-corrected chi connectivity index (χ0v) is 14.0. The average molecular weight is 312 g/mol. The fraction of sp³-hybridized carbons (Fsp3) is 0.750. The molecule has 0 amide bonds. The van der Waals surface area contributed by atoms with Crippen LogP contribution in [0.2, 0.25) is 5.15 Å². The Labute approximate surface area is 132 Å². The van der Waals surface area contributed by atoms with Crippen molar-refractivity contribution in [3.8, 4) is 0 Å². The standard InChI is InChI=1S/C16H26ClN3O/c1-4-7-13-14(17)18-11-19-15(13)20-12-8-9-21-16(5-2,6-3)10-12/h11-12H,4-10H2,1-3H3,(H,18,19,20). The number of nitrogens with one attached hydrogen (secondary N) is 1. The molecular formula is C16H26ClN3O. The molecule has 0 spiro atoms. The van der Waals surface area contributed by atoms with Crippen LogP contribution < -0.4 is 5.32 Å². The maximum absolute atomic E-state index is 6.22. The quantitative estimate of drug-likeness (QED) is 0.799. The van der Waals surface area contributed by atoms with Crippen molar-refractivity contribution in [2.45, 2.75) is 70.9 Å². The molecule has 0 saturated carbocycles. The van der Waals surface area contributed by atoms with E-state index in [1.807, 2.05) is 0 Å². The molecule has 118 valence electrons. The average Bonchev–Trinajstić information content (AvgIpc) is 2.51. The summed E-state index contributed by atoms with van der Waals surface area (Å²) in [6.07, 6.45) is 7.60. The van der Waals surface area contributed by atoms with Crippen molar-refractivity contribution in [1.29, 1.82) is 0 Å². The number of hydrogen-bond acceptors (Lipinski definition) is 4. The van der Waals surface area contributed by atoms with Gasteiger partial charge in [0.25, 0.3) is 0 Å². The minimum Gasteiger partial charge on any atom is -0.375 e. The van der Waals surface area contributed by atoms with Crippen LogP contribution in [0.4, 0.5) is 5.82 Å². The van der Waals surface area contributed by atoms with Gasteiger partial charge in [-0.1, -0.05) is 38.8 Å². The molecule has 0 aliphatic carbocycles. The zero-order chi connectivity index (χ0) is 15.3. The molecule has 2 heterocycles. The first kappa shape index (κ1) is 16.5. The van der Waals surface area contributed by atoms with E-state index in [-0.39, 0.29) is 5.60 Å². The second kappa shape index (κ2) is 7.41. The van der Waals surface area contributed by atoms with Gasteiger partial charge >= 0.3 is 0 Å². The molecule has 4 nitrogen and oxygen atoms in total. The van der Waals surface area contributed by atoms with Crippen LogP contribution in [-0.2, 0) is 11.2 Å². The van der Waals surface area contributed by atoms with Gasteiger partial charge in [-0.15, -0.1) is 0 Å². The molecule has 1 unspecified atom stereocenters. The van der Waals surface area contributed by atoms with Crippen molar-refractivity contribution in [2.75, 3.05) is 11.9 Å². The number of aromatic nitrogens is 2. The first-order chi connectivity index (χ1) is 10.1. The third kappa shape index (κ3) is 3.86. The van der Waals surface area contributed by atoms with Crippen LogP contribution >= 0.6 is 11.6 Å². The molecule has 1 fully saturated rings. The Morgan fingerprint density at radius 1 is 1.33 bits per heavy atom. The molecule has 1 saturated heterocycles. The van der Waals surface area contributed by atoms with Gasteiger partial charge in [0.2, 0.25) is 0 Å². The fourth-order valence-electron chi connectivity index (χ4n) is 3.07. The van der Waals surface area contributed by atoms with Crippen molar-refractivity contribution in [2.24, 2.45) is 0 Å². The summed E-state index contributed by atoms with van der Waals surface area (Å²) in [6.45, 7) is 7.36. The fourth-order valence-corrected chi connectivity index (χ4v) is 3.30. The third-order valence-electron chi connectivity index (χ3n) is 4.52.